The summed E-state index contributed by atoms with van der Waals surface area (Å²) >= 11 is 1.54. The van der Waals surface area contributed by atoms with E-state index >= 15 is 0 Å². The Morgan fingerprint density at radius 1 is 1.48 bits per heavy atom. The van der Waals surface area contributed by atoms with E-state index in [0.29, 0.717) is 18.7 Å². The van der Waals surface area contributed by atoms with Crippen LogP contribution in [0.4, 0.5) is 0 Å². The molecule has 0 aromatic carbocycles. The molecule has 0 saturated carbocycles. The van der Waals surface area contributed by atoms with Crippen LogP contribution in [0.3, 0.4) is 0 Å². The van der Waals surface area contributed by atoms with Crippen molar-refractivity contribution in [3.8, 4) is 0 Å². The molecule has 0 saturated heterocycles. The summed E-state index contributed by atoms with van der Waals surface area (Å²) < 4.78 is 26.6. The molecule has 21 heavy (non-hydrogen) atoms. The van der Waals surface area contributed by atoms with E-state index in [1.165, 1.54) is 15.6 Å². The number of sulfonamides is 1. The van der Waals surface area contributed by atoms with Crippen molar-refractivity contribution in [3.05, 3.63) is 34.2 Å². The zero-order chi connectivity index (χ0) is 15.5. The van der Waals surface area contributed by atoms with Crippen LogP contribution in [0, 0.1) is 0 Å². The summed E-state index contributed by atoms with van der Waals surface area (Å²) in [5, 5.41) is 11.8. The van der Waals surface area contributed by atoms with Crippen molar-refractivity contribution in [1.82, 2.24) is 19.8 Å². The summed E-state index contributed by atoms with van der Waals surface area (Å²) in [6, 6.07) is 4.11. The minimum atomic E-state index is -3.57. The highest BCUT2D eigenvalue weighted by Crippen LogP contribution is 2.20. The SMILES string of the molecule is CC(C)NCc1cn[nH]c1S(=O)(=O)N(C)Cc1cccs1. The Balaban J connectivity index is 2.17. The maximum atomic E-state index is 12.6. The third-order valence-electron chi connectivity index (χ3n) is 3.01. The highest BCUT2D eigenvalue weighted by Gasteiger charge is 2.26. The van der Waals surface area contributed by atoms with E-state index in [1.54, 1.807) is 13.2 Å². The molecule has 0 fully saturated rings. The molecule has 0 aliphatic carbocycles. The number of hydrogen-bond donors (Lipinski definition) is 2. The second-order valence-corrected chi connectivity index (χ2v) is 8.11. The summed E-state index contributed by atoms with van der Waals surface area (Å²) in [5.74, 6) is 0. The van der Waals surface area contributed by atoms with Gasteiger partial charge in [-0.15, -0.1) is 11.3 Å². The van der Waals surface area contributed by atoms with Crippen LogP contribution >= 0.6 is 11.3 Å². The van der Waals surface area contributed by atoms with Crippen molar-refractivity contribution in [2.24, 2.45) is 0 Å². The Labute approximate surface area is 129 Å². The van der Waals surface area contributed by atoms with Crippen molar-refractivity contribution >= 4 is 21.4 Å². The topological polar surface area (TPSA) is 78.1 Å². The molecule has 2 aromatic heterocycles. The molecule has 6 nitrogen and oxygen atoms in total. The lowest BCUT2D eigenvalue weighted by Gasteiger charge is -2.16. The molecule has 0 bridgehead atoms. The Morgan fingerprint density at radius 2 is 2.24 bits per heavy atom. The lowest BCUT2D eigenvalue weighted by molar-refractivity contribution is 0.464. The predicted octanol–water partition coefficient (Wildman–Crippen LogP) is 1.79. The molecule has 0 radical (unpaired) electrons. The molecule has 0 atom stereocenters. The van der Waals surface area contributed by atoms with Gasteiger partial charge < -0.3 is 5.32 Å². The molecule has 2 rings (SSSR count). The predicted molar refractivity (Wildman–Crippen MR) is 83.5 cm³/mol. The van der Waals surface area contributed by atoms with Crippen molar-refractivity contribution in [2.75, 3.05) is 7.05 Å². The fourth-order valence-corrected chi connectivity index (χ4v) is 3.91. The van der Waals surface area contributed by atoms with Crippen LogP contribution in [0.1, 0.15) is 24.3 Å². The molecule has 8 heteroatoms. The smallest absolute Gasteiger partial charge is 0.260 e. The van der Waals surface area contributed by atoms with E-state index in [4.69, 9.17) is 0 Å². The summed E-state index contributed by atoms with van der Waals surface area (Å²) in [6.07, 6.45) is 1.56. The first-order valence-electron chi connectivity index (χ1n) is 6.65. The van der Waals surface area contributed by atoms with E-state index in [2.05, 4.69) is 15.5 Å². The zero-order valence-electron chi connectivity index (χ0n) is 12.3. The van der Waals surface area contributed by atoms with Crippen LogP contribution < -0.4 is 5.32 Å². The van der Waals surface area contributed by atoms with Gasteiger partial charge in [0.1, 0.15) is 0 Å². The molecular formula is C13H20N4O2S2. The molecule has 0 spiro atoms. The maximum absolute atomic E-state index is 12.6. The highest BCUT2D eigenvalue weighted by molar-refractivity contribution is 7.89. The van der Waals surface area contributed by atoms with Gasteiger partial charge in [-0.05, 0) is 11.4 Å². The van der Waals surface area contributed by atoms with Crippen LogP contribution in [0.5, 0.6) is 0 Å². The fourth-order valence-electron chi connectivity index (χ4n) is 1.83. The number of hydrogen-bond acceptors (Lipinski definition) is 5. The van der Waals surface area contributed by atoms with Crippen molar-refractivity contribution in [2.45, 2.75) is 38.0 Å². The van der Waals surface area contributed by atoms with Gasteiger partial charge in [0.15, 0.2) is 5.03 Å². The second kappa shape index (κ2) is 6.69. The number of nitrogens with zero attached hydrogens (tertiary/aromatic N) is 2. The second-order valence-electron chi connectivity index (χ2n) is 5.10. The highest BCUT2D eigenvalue weighted by atomic mass is 32.2. The lowest BCUT2D eigenvalue weighted by atomic mass is 10.3. The van der Waals surface area contributed by atoms with Crippen LogP contribution in [-0.2, 0) is 23.1 Å². The largest absolute Gasteiger partial charge is 0.310 e. The summed E-state index contributed by atoms with van der Waals surface area (Å²) in [6.45, 7) is 4.85. The monoisotopic (exact) mass is 328 g/mol. The summed E-state index contributed by atoms with van der Waals surface area (Å²) in [7, 11) is -1.99. The normalized spacial score (nSPS) is 12.4. The van der Waals surface area contributed by atoms with Crippen molar-refractivity contribution in [1.29, 1.82) is 0 Å². The maximum Gasteiger partial charge on any atom is 0.260 e. The molecule has 0 amide bonds. The number of aromatic amines is 1. The number of nitrogens with one attached hydrogen (secondary N) is 2. The van der Waals surface area contributed by atoms with E-state index in [1.807, 2.05) is 31.4 Å². The van der Waals surface area contributed by atoms with Gasteiger partial charge in [0.2, 0.25) is 0 Å². The molecule has 2 heterocycles. The lowest BCUT2D eigenvalue weighted by Crippen LogP contribution is -2.28. The van der Waals surface area contributed by atoms with Crippen LogP contribution in [0.2, 0.25) is 0 Å². The first-order valence-corrected chi connectivity index (χ1v) is 8.97. The first kappa shape index (κ1) is 16.2. The molecule has 116 valence electrons. The first-order chi connectivity index (χ1) is 9.91. The van der Waals surface area contributed by atoms with Gasteiger partial charge in [0, 0.05) is 36.6 Å². The van der Waals surface area contributed by atoms with E-state index in [9.17, 15) is 8.42 Å². The number of rotatable bonds is 7. The minimum Gasteiger partial charge on any atom is -0.310 e. The zero-order valence-corrected chi connectivity index (χ0v) is 14.0. The van der Waals surface area contributed by atoms with Gasteiger partial charge in [0.05, 0.1) is 6.20 Å². The molecule has 2 N–H and O–H groups in total. The van der Waals surface area contributed by atoms with Gasteiger partial charge in [-0.2, -0.15) is 9.40 Å². The third-order valence-corrected chi connectivity index (χ3v) is 5.69. The molecular weight excluding hydrogens is 308 g/mol. The van der Waals surface area contributed by atoms with Gasteiger partial charge in [-0.1, -0.05) is 19.9 Å². The van der Waals surface area contributed by atoms with E-state index in [-0.39, 0.29) is 11.1 Å². The van der Waals surface area contributed by atoms with Crippen molar-refractivity contribution in [3.63, 3.8) is 0 Å². The average Bonchev–Trinajstić information content (AvgIpc) is 3.06. The van der Waals surface area contributed by atoms with Crippen LogP contribution in [-0.4, -0.2) is 36.0 Å². The molecule has 0 aliphatic rings. The van der Waals surface area contributed by atoms with Gasteiger partial charge in [-0.3, -0.25) is 5.10 Å². The minimum absolute atomic E-state index is 0.162. The number of aromatic nitrogens is 2. The molecule has 0 unspecified atom stereocenters. The fraction of sp³-hybridized carbons (Fsp3) is 0.462. The summed E-state index contributed by atoms with van der Waals surface area (Å²) in [5.41, 5.74) is 0.654. The average molecular weight is 328 g/mol. The third kappa shape index (κ3) is 3.91. The summed E-state index contributed by atoms with van der Waals surface area (Å²) in [4.78, 5) is 1.00. The number of H-pyrrole nitrogens is 1. The van der Waals surface area contributed by atoms with Gasteiger partial charge >= 0.3 is 0 Å². The molecule has 0 aliphatic heterocycles. The van der Waals surface area contributed by atoms with Gasteiger partial charge in [-0.25, -0.2) is 8.42 Å². The van der Waals surface area contributed by atoms with Crippen LogP contribution in [0.25, 0.3) is 0 Å². The van der Waals surface area contributed by atoms with Crippen molar-refractivity contribution < 1.29 is 8.42 Å². The Kier molecular flexibility index (Phi) is 5.15. The number of thiophene rings is 1. The van der Waals surface area contributed by atoms with E-state index in [0.717, 1.165) is 4.88 Å². The van der Waals surface area contributed by atoms with Gasteiger partial charge in [0.25, 0.3) is 10.0 Å². The van der Waals surface area contributed by atoms with E-state index < -0.39 is 10.0 Å². The standard InChI is InChI=1S/C13H20N4O2S2/c1-10(2)14-7-11-8-15-16-13(11)21(18,19)17(3)9-12-5-4-6-20-12/h4-6,8,10,14H,7,9H2,1-3H3,(H,15,16). The Hall–Kier alpha value is -1.22. The molecule has 2 aromatic rings. The quantitative estimate of drug-likeness (QED) is 0.812. The Morgan fingerprint density at radius 3 is 2.86 bits per heavy atom. The Bertz CT molecular complexity index is 662. The van der Waals surface area contributed by atoms with Crippen LogP contribution in [0.15, 0.2) is 28.7 Å².